The van der Waals surface area contributed by atoms with Crippen molar-refractivity contribution in [2.45, 2.75) is 58.9 Å². The van der Waals surface area contributed by atoms with Crippen molar-refractivity contribution in [3.63, 3.8) is 0 Å². The van der Waals surface area contributed by atoms with Gasteiger partial charge in [-0.15, -0.1) is 0 Å². The van der Waals surface area contributed by atoms with Crippen molar-refractivity contribution in [3.8, 4) is 0 Å². The minimum absolute atomic E-state index is 0.0567. The highest BCUT2D eigenvalue weighted by atomic mass is 16.2. The predicted molar refractivity (Wildman–Crippen MR) is 88.9 cm³/mol. The summed E-state index contributed by atoms with van der Waals surface area (Å²) in [4.78, 5) is 24.3. The molecular formula is C18H26N2O2. The summed E-state index contributed by atoms with van der Waals surface area (Å²) in [5, 5.41) is 5.96. The molecule has 1 fully saturated rings. The minimum Gasteiger partial charge on any atom is -0.349 e. The second kappa shape index (κ2) is 6.95. The number of carbonyl (C=O) groups is 2. The van der Waals surface area contributed by atoms with E-state index in [-0.39, 0.29) is 17.9 Å². The zero-order chi connectivity index (χ0) is 16.2. The lowest BCUT2D eigenvalue weighted by atomic mass is 9.95. The van der Waals surface area contributed by atoms with Gasteiger partial charge in [-0.1, -0.05) is 46.1 Å². The fourth-order valence-electron chi connectivity index (χ4n) is 2.57. The van der Waals surface area contributed by atoms with Gasteiger partial charge >= 0.3 is 0 Å². The Morgan fingerprint density at radius 1 is 1.09 bits per heavy atom. The maximum atomic E-state index is 12.3. The van der Waals surface area contributed by atoms with Gasteiger partial charge in [0.2, 0.25) is 5.91 Å². The lowest BCUT2D eigenvalue weighted by molar-refractivity contribution is -0.123. The monoisotopic (exact) mass is 302 g/mol. The molecule has 120 valence electrons. The molecule has 0 atom stereocenters. The van der Waals surface area contributed by atoms with Gasteiger partial charge in [0.1, 0.15) is 0 Å². The van der Waals surface area contributed by atoms with Gasteiger partial charge in [-0.25, -0.2) is 0 Å². The second-order valence-electron chi connectivity index (χ2n) is 7.09. The molecule has 1 saturated carbocycles. The molecule has 1 aliphatic rings. The number of hydrogen-bond donors (Lipinski definition) is 2. The SMILES string of the molecule is CC(C)(C)C(=O)Nc1cccc(C(=O)NC2CCCCC2)c1. The molecule has 1 aliphatic carbocycles. The number of rotatable bonds is 3. The normalized spacial score (nSPS) is 16.1. The van der Waals surface area contributed by atoms with Crippen LogP contribution in [0.5, 0.6) is 0 Å². The quantitative estimate of drug-likeness (QED) is 0.893. The van der Waals surface area contributed by atoms with Crippen molar-refractivity contribution in [2.75, 3.05) is 5.32 Å². The summed E-state index contributed by atoms with van der Waals surface area (Å²) < 4.78 is 0. The third-order valence-corrected chi connectivity index (χ3v) is 4.00. The highest BCUT2D eigenvalue weighted by molar-refractivity contribution is 5.98. The fraction of sp³-hybridized carbons (Fsp3) is 0.556. The first-order chi connectivity index (χ1) is 10.4. The Hall–Kier alpha value is -1.84. The van der Waals surface area contributed by atoms with Gasteiger partial charge in [0, 0.05) is 22.7 Å². The van der Waals surface area contributed by atoms with E-state index in [1.165, 1.54) is 19.3 Å². The van der Waals surface area contributed by atoms with Crippen molar-refractivity contribution in [1.82, 2.24) is 5.32 Å². The van der Waals surface area contributed by atoms with Crippen molar-refractivity contribution >= 4 is 17.5 Å². The van der Waals surface area contributed by atoms with E-state index in [2.05, 4.69) is 10.6 Å². The van der Waals surface area contributed by atoms with E-state index in [1.807, 2.05) is 20.8 Å². The molecule has 4 nitrogen and oxygen atoms in total. The molecule has 2 rings (SSSR count). The number of nitrogens with one attached hydrogen (secondary N) is 2. The summed E-state index contributed by atoms with van der Waals surface area (Å²) >= 11 is 0. The van der Waals surface area contributed by atoms with Crippen LogP contribution in [0.25, 0.3) is 0 Å². The summed E-state index contributed by atoms with van der Waals surface area (Å²) in [6, 6.07) is 7.41. The van der Waals surface area contributed by atoms with Crippen LogP contribution in [0.1, 0.15) is 63.2 Å². The summed E-state index contributed by atoms with van der Waals surface area (Å²) in [7, 11) is 0. The molecule has 0 bridgehead atoms. The van der Waals surface area contributed by atoms with E-state index in [9.17, 15) is 9.59 Å². The molecule has 0 aromatic heterocycles. The Balaban J connectivity index is 2.01. The second-order valence-corrected chi connectivity index (χ2v) is 7.09. The summed E-state index contributed by atoms with van der Waals surface area (Å²) in [5.41, 5.74) is 0.800. The largest absolute Gasteiger partial charge is 0.349 e. The van der Waals surface area contributed by atoms with E-state index in [0.29, 0.717) is 11.3 Å². The molecule has 0 saturated heterocycles. The summed E-state index contributed by atoms with van der Waals surface area (Å²) in [6.07, 6.45) is 5.76. The van der Waals surface area contributed by atoms with Gasteiger partial charge in [0.15, 0.2) is 0 Å². The lowest BCUT2D eigenvalue weighted by Crippen LogP contribution is -2.36. The first-order valence-electron chi connectivity index (χ1n) is 8.08. The van der Waals surface area contributed by atoms with Crippen LogP contribution < -0.4 is 10.6 Å². The zero-order valence-corrected chi connectivity index (χ0v) is 13.7. The number of benzene rings is 1. The molecule has 1 aromatic rings. The minimum atomic E-state index is -0.458. The van der Waals surface area contributed by atoms with Crippen LogP contribution in [0.4, 0.5) is 5.69 Å². The van der Waals surface area contributed by atoms with Gasteiger partial charge < -0.3 is 10.6 Å². The third kappa shape index (κ3) is 4.58. The molecule has 22 heavy (non-hydrogen) atoms. The average molecular weight is 302 g/mol. The van der Waals surface area contributed by atoms with E-state index in [4.69, 9.17) is 0 Å². The topological polar surface area (TPSA) is 58.2 Å². The summed E-state index contributed by atoms with van der Waals surface area (Å²) in [6.45, 7) is 5.59. The number of carbonyl (C=O) groups excluding carboxylic acids is 2. The maximum absolute atomic E-state index is 12.3. The van der Waals surface area contributed by atoms with Crippen LogP contribution in [-0.2, 0) is 4.79 Å². The molecule has 0 spiro atoms. The van der Waals surface area contributed by atoms with Crippen molar-refractivity contribution in [1.29, 1.82) is 0 Å². The number of anilines is 1. The molecular weight excluding hydrogens is 276 g/mol. The van der Waals surface area contributed by atoms with E-state index < -0.39 is 5.41 Å². The zero-order valence-electron chi connectivity index (χ0n) is 13.7. The molecule has 0 radical (unpaired) electrons. The molecule has 0 heterocycles. The van der Waals surface area contributed by atoms with Crippen LogP contribution in [0, 0.1) is 5.41 Å². The van der Waals surface area contributed by atoms with E-state index in [1.54, 1.807) is 24.3 Å². The Kier molecular flexibility index (Phi) is 5.22. The third-order valence-electron chi connectivity index (χ3n) is 4.00. The standard InChI is InChI=1S/C18H26N2O2/c1-18(2,3)17(22)20-15-11-7-8-13(12-15)16(21)19-14-9-5-4-6-10-14/h7-8,11-12,14H,4-6,9-10H2,1-3H3,(H,19,21)(H,20,22). The van der Waals surface area contributed by atoms with Crippen LogP contribution in [0.15, 0.2) is 24.3 Å². The molecule has 4 heteroatoms. The molecule has 1 aromatic carbocycles. The Labute approximate surface area is 132 Å². The smallest absolute Gasteiger partial charge is 0.251 e. The van der Waals surface area contributed by atoms with Gasteiger partial charge in [-0.3, -0.25) is 9.59 Å². The van der Waals surface area contributed by atoms with Gasteiger partial charge in [0.05, 0.1) is 0 Å². The van der Waals surface area contributed by atoms with Crippen LogP contribution in [0.3, 0.4) is 0 Å². The molecule has 2 amide bonds. The maximum Gasteiger partial charge on any atom is 0.251 e. The Bertz CT molecular complexity index is 540. The predicted octanol–water partition coefficient (Wildman–Crippen LogP) is 3.73. The molecule has 2 N–H and O–H groups in total. The lowest BCUT2D eigenvalue weighted by Gasteiger charge is -2.23. The van der Waals surface area contributed by atoms with Gasteiger partial charge in [-0.2, -0.15) is 0 Å². The van der Waals surface area contributed by atoms with Gasteiger partial charge in [-0.05, 0) is 31.0 Å². The van der Waals surface area contributed by atoms with Crippen molar-refractivity contribution in [3.05, 3.63) is 29.8 Å². The summed E-state index contributed by atoms with van der Waals surface area (Å²) in [5.74, 6) is -0.115. The van der Waals surface area contributed by atoms with Crippen molar-refractivity contribution in [2.24, 2.45) is 5.41 Å². The highest BCUT2D eigenvalue weighted by Gasteiger charge is 2.21. The van der Waals surface area contributed by atoms with Crippen LogP contribution in [0.2, 0.25) is 0 Å². The number of amides is 2. The first-order valence-corrected chi connectivity index (χ1v) is 8.08. The number of hydrogen-bond acceptors (Lipinski definition) is 2. The van der Waals surface area contributed by atoms with Crippen LogP contribution in [-0.4, -0.2) is 17.9 Å². The first kappa shape index (κ1) is 16.5. The van der Waals surface area contributed by atoms with Gasteiger partial charge in [0.25, 0.3) is 5.91 Å². The average Bonchev–Trinajstić information content (AvgIpc) is 2.47. The van der Waals surface area contributed by atoms with E-state index >= 15 is 0 Å². The molecule has 0 aliphatic heterocycles. The fourth-order valence-corrected chi connectivity index (χ4v) is 2.57. The molecule has 0 unspecified atom stereocenters. The Morgan fingerprint density at radius 3 is 2.41 bits per heavy atom. The highest BCUT2D eigenvalue weighted by Crippen LogP contribution is 2.20. The van der Waals surface area contributed by atoms with Crippen LogP contribution >= 0.6 is 0 Å². The Morgan fingerprint density at radius 2 is 1.77 bits per heavy atom. The van der Waals surface area contributed by atoms with Crippen molar-refractivity contribution < 1.29 is 9.59 Å². The van der Waals surface area contributed by atoms with E-state index in [0.717, 1.165) is 12.8 Å².